The van der Waals surface area contributed by atoms with Gasteiger partial charge in [0, 0.05) is 36.9 Å². The Labute approximate surface area is 176 Å². The normalized spacial score (nSPS) is 10.8. The van der Waals surface area contributed by atoms with E-state index in [9.17, 15) is 14.4 Å². The van der Waals surface area contributed by atoms with E-state index in [1.54, 1.807) is 31.4 Å². The topological polar surface area (TPSA) is 104 Å². The summed E-state index contributed by atoms with van der Waals surface area (Å²) in [7, 11) is 6.04. The molecule has 0 saturated heterocycles. The van der Waals surface area contributed by atoms with Crippen molar-refractivity contribution in [2.45, 2.75) is 11.8 Å². The van der Waals surface area contributed by atoms with E-state index in [2.05, 4.69) is 10.3 Å². The van der Waals surface area contributed by atoms with E-state index in [1.165, 1.54) is 37.6 Å². The number of ether oxygens (including phenoxy) is 2. The van der Waals surface area contributed by atoms with Crippen molar-refractivity contribution in [1.29, 1.82) is 0 Å². The lowest BCUT2D eigenvalue weighted by Gasteiger charge is -2.13. The van der Waals surface area contributed by atoms with Gasteiger partial charge in [-0.2, -0.15) is 0 Å². The zero-order valence-corrected chi connectivity index (χ0v) is 18.1. The van der Waals surface area contributed by atoms with Crippen LogP contribution in [-0.4, -0.2) is 40.0 Å². The van der Waals surface area contributed by atoms with Gasteiger partial charge < -0.3 is 14.8 Å². The largest absolute Gasteiger partial charge is 0.493 e. The van der Waals surface area contributed by atoms with Crippen LogP contribution in [0.1, 0.15) is 5.56 Å². The zero-order valence-electron chi connectivity index (χ0n) is 17.3. The number of rotatable bonds is 6. The molecule has 10 heteroatoms. The van der Waals surface area contributed by atoms with E-state index in [0.29, 0.717) is 27.5 Å². The van der Waals surface area contributed by atoms with Gasteiger partial charge in [-0.15, -0.1) is 11.8 Å². The van der Waals surface area contributed by atoms with Gasteiger partial charge in [-0.3, -0.25) is 18.7 Å². The summed E-state index contributed by atoms with van der Waals surface area (Å²) in [5.74, 6) is 0.882. The molecule has 1 amide bonds. The summed E-state index contributed by atoms with van der Waals surface area (Å²) in [6, 6.07) is 5.08. The monoisotopic (exact) mass is 430 g/mol. The average molecular weight is 430 g/mol. The number of amides is 1. The number of carbonyl (C=O) groups excluding carboxylic acids is 1. The molecule has 0 fully saturated rings. The number of pyridine rings is 1. The second-order valence-corrected chi connectivity index (χ2v) is 7.57. The molecule has 158 valence electrons. The van der Waals surface area contributed by atoms with Crippen molar-refractivity contribution in [2.75, 3.05) is 25.3 Å². The summed E-state index contributed by atoms with van der Waals surface area (Å²) >= 11 is 1.22. The number of nitrogens with zero attached hydrogens (tertiary/aromatic N) is 3. The lowest BCUT2D eigenvalue weighted by molar-refractivity contribution is -0.113. The van der Waals surface area contributed by atoms with Crippen molar-refractivity contribution >= 4 is 34.4 Å². The minimum Gasteiger partial charge on any atom is -0.493 e. The summed E-state index contributed by atoms with van der Waals surface area (Å²) in [6.45, 7) is 1.81. The van der Waals surface area contributed by atoms with Crippen LogP contribution in [0.5, 0.6) is 11.5 Å². The lowest BCUT2D eigenvalue weighted by Crippen LogP contribution is -2.37. The maximum atomic E-state index is 12.7. The van der Waals surface area contributed by atoms with Gasteiger partial charge in [0.2, 0.25) is 5.91 Å². The minimum atomic E-state index is -0.453. The molecule has 0 bridgehead atoms. The molecule has 2 aromatic heterocycles. The first-order valence-electron chi connectivity index (χ1n) is 8.98. The van der Waals surface area contributed by atoms with Crippen LogP contribution >= 0.6 is 11.8 Å². The molecule has 3 aromatic rings. The van der Waals surface area contributed by atoms with Crippen LogP contribution < -0.4 is 26.0 Å². The Bertz CT molecular complexity index is 1250. The molecule has 30 heavy (non-hydrogen) atoms. The molecule has 0 spiro atoms. The van der Waals surface area contributed by atoms with Gasteiger partial charge in [0.15, 0.2) is 11.5 Å². The van der Waals surface area contributed by atoms with E-state index in [-0.39, 0.29) is 17.3 Å². The van der Waals surface area contributed by atoms with E-state index < -0.39 is 11.2 Å². The van der Waals surface area contributed by atoms with Crippen LogP contribution in [0.3, 0.4) is 0 Å². The smallest absolute Gasteiger partial charge is 0.332 e. The van der Waals surface area contributed by atoms with Crippen LogP contribution in [0.15, 0.2) is 38.9 Å². The highest BCUT2D eigenvalue weighted by Gasteiger charge is 2.17. The second-order valence-electron chi connectivity index (χ2n) is 6.58. The molecule has 0 aliphatic rings. The molecule has 0 atom stereocenters. The maximum Gasteiger partial charge on any atom is 0.332 e. The van der Waals surface area contributed by atoms with E-state index in [0.717, 1.165) is 10.1 Å². The molecule has 0 aliphatic carbocycles. The molecule has 0 aliphatic heterocycles. The van der Waals surface area contributed by atoms with Gasteiger partial charge >= 0.3 is 5.69 Å². The number of aryl methyl sites for hydroxylation is 2. The molecule has 0 radical (unpaired) electrons. The number of thioether (sulfide) groups is 1. The predicted molar refractivity (Wildman–Crippen MR) is 116 cm³/mol. The molecule has 3 rings (SSSR count). The molecule has 1 aromatic carbocycles. The van der Waals surface area contributed by atoms with Crippen molar-refractivity contribution in [1.82, 2.24) is 14.1 Å². The fourth-order valence-electron chi connectivity index (χ4n) is 3.03. The highest BCUT2D eigenvalue weighted by atomic mass is 32.2. The molecular formula is C20H22N4O5S. The third-order valence-corrected chi connectivity index (χ3v) is 5.84. The third kappa shape index (κ3) is 3.90. The Balaban J connectivity index is 1.87. The second kappa shape index (κ2) is 8.62. The van der Waals surface area contributed by atoms with Crippen LogP contribution in [-0.2, 0) is 18.9 Å². The molecule has 0 unspecified atom stereocenters. The van der Waals surface area contributed by atoms with Crippen molar-refractivity contribution in [3.05, 3.63) is 50.8 Å². The summed E-state index contributed by atoms with van der Waals surface area (Å²) in [5, 5.41) is 3.13. The van der Waals surface area contributed by atoms with Crippen molar-refractivity contribution < 1.29 is 14.3 Å². The number of anilines is 1. The highest BCUT2D eigenvalue weighted by Crippen LogP contribution is 2.30. The van der Waals surface area contributed by atoms with Gasteiger partial charge in [0.25, 0.3) is 5.56 Å². The number of aromatic nitrogens is 3. The summed E-state index contributed by atoms with van der Waals surface area (Å²) in [6.07, 6.45) is 1.59. The molecule has 2 heterocycles. The fourth-order valence-corrected chi connectivity index (χ4v) is 3.98. The van der Waals surface area contributed by atoms with Crippen molar-refractivity contribution in [3.8, 4) is 11.5 Å². The van der Waals surface area contributed by atoms with Gasteiger partial charge in [0.05, 0.1) is 25.4 Å². The average Bonchev–Trinajstić information content (AvgIpc) is 2.74. The Morgan fingerprint density at radius 2 is 1.83 bits per heavy atom. The van der Waals surface area contributed by atoms with Crippen molar-refractivity contribution in [3.63, 3.8) is 0 Å². The summed E-state index contributed by atoms with van der Waals surface area (Å²) in [4.78, 5) is 42.2. The Morgan fingerprint density at radius 1 is 1.13 bits per heavy atom. The SMILES string of the molecule is COc1ccc(NC(=O)CSc2c(C)cnc3c2c(=O)n(C)c(=O)n3C)cc1OC. The van der Waals surface area contributed by atoms with E-state index in [4.69, 9.17) is 9.47 Å². The maximum absolute atomic E-state index is 12.7. The van der Waals surface area contributed by atoms with Crippen LogP contribution in [0.4, 0.5) is 5.69 Å². The van der Waals surface area contributed by atoms with Gasteiger partial charge in [-0.1, -0.05) is 0 Å². The lowest BCUT2D eigenvalue weighted by atomic mass is 10.2. The number of hydrogen-bond acceptors (Lipinski definition) is 7. The molecule has 9 nitrogen and oxygen atoms in total. The Morgan fingerprint density at radius 3 is 2.50 bits per heavy atom. The first kappa shape index (κ1) is 21.4. The summed E-state index contributed by atoms with van der Waals surface area (Å²) in [5.41, 5.74) is 0.713. The number of fused-ring (bicyclic) bond motifs is 1. The standard InChI is InChI=1S/C20H22N4O5S/c1-11-9-21-18-16(19(26)24(3)20(27)23(18)2)17(11)30-10-15(25)22-12-6-7-13(28-4)14(8-12)29-5/h6-9H,10H2,1-5H3,(H,22,25). The summed E-state index contributed by atoms with van der Waals surface area (Å²) < 4.78 is 12.8. The van der Waals surface area contributed by atoms with Gasteiger partial charge in [-0.25, -0.2) is 9.78 Å². The minimum absolute atomic E-state index is 0.0697. The number of benzene rings is 1. The zero-order chi connectivity index (χ0) is 22.0. The van der Waals surface area contributed by atoms with E-state index in [1.807, 2.05) is 6.92 Å². The molecular weight excluding hydrogens is 408 g/mol. The van der Waals surface area contributed by atoms with Crippen LogP contribution in [0.2, 0.25) is 0 Å². The highest BCUT2D eigenvalue weighted by molar-refractivity contribution is 8.00. The molecule has 1 N–H and O–H groups in total. The van der Waals surface area contributed by atoms with E-state index >= 15 is 0 Å². The predicted octanol–water partition coefficient (Wildman–Crippen LogP) is 1.69. The first-order valence-corrected chi connectivity index (χ1v) is 9.97. The quantitative estimate of drug-likeness (QED) is 0.594. The first-order chi connectivity index (χ1) is 14.3. The Hall–Kier alpha value is -3.27. The number of hydrogen-bond donors (Lipinski definition) is 1. The van der Waals surface area contributed by atoms with Gasteiger partial charge in [-0.05, 0) is 24.6 Å². The third-order valence-electron chi connectivity index (χ3n) is 4.61. The van der Waals surface area contributed by atoms with Crippen LogP contribution in [0.25, 0.3) is 11.0 Å². The van der Waals surface area contributed by atoms with Crippen LogP contribution in [0, 0.1) is 6.92 Å². The van der Waals surface area contributed by atoms with Crippen molar-refractivity contribution in [2.24, 2.45) is 14.1 Å². The number of nitrogens with one attached hydrogen (secondary N) is 1. The molecule has 0 saturated carbocycles. The fraction of sp³-hybridized carbons (Fsp3) is 0.300. The Kier molecular flexibility index (Phi) is 6.16. The van der Waals surface area contributed by atoms with Gasteiger partial charge in [0.1, 0.15) is 5.65 Å². The number of carbonyl (C=O) groups is 1. The number of methoxy groups -OCH3 is 2.